The highest BCUT2D eigenvalue weighted by Gasteiger charge is 2.22. The van der Waals surface area contributed by atoms with Gasteiger partial charge in [-0.25, -0.2) is 0 Å². The van der Waals surface area contributed by atoms with E-state index in [-0.39, 0.29) is 11.4 Å². The van der Waals surface area contributed by atoms with Crippen LogP contribution in [0.5, 0.6) is 0 Å². The summed E-state index contributed by atoms with van der Waals surface area (Å²) in [6, 6.07) is 0. The molecule has 0 rings (SSSR count). The van der Waals surface area contributed by atoms with Gasteiger partial charge in [-0.2, -0.15) is 0 Å². The van der Waals surface area contributed by atoms with E-state index in [4.69, 9.17) is 0 Å². The average Bonchev–Trinajstić information content (AvgIpc) is 2.28. The Morgan fingerprint density at radius 2 is 1.81 bits per heavy atom. The van der Waals surface area contributed by atoms with Crippen LogP contribution >= 0.6 is 15.9 Å². The zero-order chi connectivity index (χ0) is 12.4. The van der Waals surface area contributed by atoms with Gasteiger partial charge in [-0.1, -0.05) is 55.5 Å². The molecule has 0 aliphatic carbocycles. The highest BCUT2D eigenvalue weighted by atomic mass is 79.9. The Labute approximate surface area is 109 Å². The van der Waals surface area contributed by atoms with Crippen molar-refractivity contribution in [2.45, 2.75) is 71.3 Å². The molecule has 0 aromatic heterocycles. The molecule has 1 amide bonds. The minimum absolute atomic E-state index is 0.0828. The third kappa shape index (κ3) is 7.26. The van der Waals surface area contributed by atoms with E-state index >= 15 is 0 Å². The van der Waals surface area contributed by atoms with Crippen LogP contribution in [0.1, 0.15) is 65.7 Å². The number of hydrogen-bond donors (Lipinski definition) is 1. The van der Waals surface area contributed by atoms with Gasteiger partial charge in [-0.05, 0) is 19.8 Å². The third-order valence-electron chi connectivity index (χ3n) is 3.02. The van der Waals surface area contributed by atoms with E-state index in [1.165, 1.54) is 25.7 Å². The van der Waals surface area contributed by atoms with Crippen LogP contribution in [0.4, 0.5) is 0 Å². The van der Waals surface area contributed by atoms with Crippen molar-refractivity contribution in [2.24, 2.45) is 0 Å². The Bertz CT molecular complexity index is 190. The molecular formula is C13H26BrNO. The van der Waals surface area contributed by atoms with Crippen LogP contribution in [0.15, 0.2) is 0 Å². The van der Waals surface area contributed by atoms with E-state index in [0.717, 1.165) is 18.2 Å². The highest BCUT2D eigenvalue weighted by molar-refractivity contribution is 9.09. The van der Waals surface area contributed by atoms with Crippen molar-refractivity contribution in [1.82, 2.24) is 5.32 Å². The second-order valence-electron chi connectivity index (χ2n) is 4.76. The summed E-state index contributed by atoms with van der Waals surface area (Å²) in [7, 11) is 0. The Hall–Kier alpha value is -0.0500. The SMILES string of the molecule is CCCCCCCC(=O)NC(C)(CC)CBr. The first-order chi connectivity index (χ1) is 7.58. The summed E-state index contributed by atoms with van der Waals surface area (Å²) in [6.45, 7) is 6.38. The number of carbonyl (C=O) groups is 1. The Balaban J connectivity index is 3.65. The van der Waals surface area contributed by atoms with Crippen molar-refractivity contribution in [2.75, 3.05) is 5.33 Å². The maximum absolute atomic E-state index is 11.7. The fourth-order valence-electron chi connectivity index (χ4n) is 1.50. The molecule has 1 unspecified atom stereocenters. The zero-order valence-electron chi connectivity index (χ0n) is 10.9. The lowest BCUT2D eigenvalue weighted by molar-refractivity contribution is -0.122. The third-order valence-corrected chi connectivity index (χ3v) is 4.26. The molecule has 0 heterocycles. The maximum atomic E-state index is 11.7. The number of unbranched alkanes of at least 4 members (excludes halogenated alkanes) is 4. The maximum Gasteiger partial charge on any atom is 0.220 e. The van der Waals surface area contributed by atoms with E-state index in [9.17, 15) is 4.79 Å². The van der Waals surface area contributed by atoms with Crippen molar-refractivity contribution in [3.8, 4) is 0 Å². The first-order valence-electron chi connectivity index (χ1n) is 6.45. The number of carbonyl (C=O) groups excluding carboxylic acids is 1. The molecule has 2 nitrogen and oxygen atoms in total. The molecule has 1 atom stereocenters. The molecule has 1 N–H and O–H groups in total. The summed E-state index contributed by atoms with van der Waals surface area (Å²) >= 11 is 3.45. The number of nitrogens with one attached hydrogen (secondary N) is 1. The van der Waals surface area contributed by atoms with Gasteiger partial charge in [-0.15, -0.1) is 0 Å². The van der Waals surface area contributed by atoms with Crippen molar-refractivity contribution in [3.05, 3.63) is 0 Å². The van der Waals surface area contributed by atoms with E-state index in [1.54, 1.807) is 0 Å². The molecule has 0 spiro atoms. The fourth-order valence-corrected chi connectivity index (χ4v) is 2.04. The monoisotopic (exact) mass is 291 g/mol. The lowest BCUT2D eigenvalue weighted by atomic mass is 10.0. The molecule has 0 bridgehead atoms. The topological polar surface area (TPSA) is 29.1 Å². The second-order valence-corrected chi connectivity index (χ2v) is 5.32. The van der Waals surface area contributed by atoms with Crippen LogP contribution < -0.4 is 5.32 Å². The van der Waals surface area contributed by atoms with Crippen LogP contribution in [0.3, 0.4) is 0 Å². The van der Waals surface area contributed by atoms with Crippen molar-refractivity contribution < 1.29 is 4.79 Å². The number of hydrogen-bond acceptors (Lipinski definition) is 1. The van der Waals surface area contributed by atoms with Crippen molar-refractivity contribution >= 4 is 21.8 Å². The van der Waals surface area contributed by atoms with Gasteiger partial charge >= 0.3 is 0 Å². The number of rotatable bonds is 9. The molecule has 3 heteroatoms. The average molecular weight is 292 g/mol. The number of amides is 1. The van der Waals surface area contributed by atoms with E-state index in [2.05, 4.69) is 42.0 Å². The van der Waals surface area contributed by atoms with Gasteiger partial charge in [0.15, 0.2) is 0 Å². The molecule has 0 saturated heterocycles. The van der Waals surface area contributed by atoms with Gasteiger partial charge in [0.1, 0.15) is 0 Å². The summed E-state index contributed by atoms with van der Waals surface area (Å²) in [5.41, 5.74) is -0.0828. The van der Waals surface area contributed by atoms with E-state index < -0.39 is 0 Å². The van der Waals surface area contributed by atoms with Gasteiger partial charge in [0.2, 0.25) is 5.91 Å². The van der Waals surface area contributed by atoms with Gasteiger partial charge in [0.25, 0.3) is 0 Å². The molecule has 0 radical (unpaired) electrons. The van der Waals surface area contributed by atoms with Crippen molar-refractivity contribution in [3.63, 3.8) is 0 Å². The summed E-state index contributed by atoms with van der Waals surface area (Å²) in [6.07, 6.45) is 7.63. The first-order valence-corrected chi connectivity index (χ1v) is 7.57. The van der Waals surface area contributed by atoms with Crippen LogP contribution in [0, 0.1) is 0 Å². The lowest BCUT2D eigenvalue weighted by Gasteiger charge is -2.27. The van der Waals surface area contributed by atoms with Gasteiger partial charge < -0.3 is 5.32 Å². The van der Waals surface area contributed by atoms with Gasteiger partial charge in [0.05, 0.1) is 0 Å². The van der Waals surface area contributed by atoms with Crippen LogP contribution in [-0.4, -0.2) is 16.8 Å². The van der Waals surface area contributed by atoms with E-state index in [0.29, 0.717) is 6.42 Å². The fraction of sp³-hybridized carbons (Fsp3) is 0.923. The standard InChI is InChI=1S/C13H26BrNO/c1-4-6-7-8-9-10-12(16)15-13(3,5-2)11-14/h4-11H2,1-3H3,(H,15,16). The zero-order valence-corrected chi connectivity index (χ0v) is 12.5. The van der Waals surface area contributed by atoms with Crippen LogP contribution in [0.25, 0.3) is 0 Å². The molecule has 0 fully saturated rings. The molecule has 0 saturated carbocycles. The van der Waals surface area contributed by atoms with E-state index in [1.807, 2.05) is 0 Å². The molecular weight excluding hydrogens is 266 g/mol. The molecule has 96 valence electrons. The smallest absolute Gasteiger partial charge is 0.220 e. The molecule has 0 aromatic carbocycles. The van der Waals surface area contributed by atoms with Gasteiger partial charge in [-0.3, -0.25) is 4.79 Å². The summed E-state index contributed by atoms with van der Waals surface area (Å²) in [4.78, 5) is 11.7. The predicted molar refractivity (Wildman–Crippen MR) is 74.0 cm³/mol. The quantitative estimate of drug-likeness (QED) is 0.504. The number of alkyl halides is 1. The molecule has 0 aromatic rings. The summed E-state index contributed by atoms with van der Waals surface area (Å²) in [5.74, 6) is 0.195. The first kappa shape index (κ1) is 16.0. The summed E-state index contributed by atoms with van der Waals surface area (Å²) in [5, 5.41) is 3.92. The largest absolute Gasteiger partial charge is 0.350 e. The summed E-state index contributed by atoms with van der Waals surface area (Å²) < 4.78 is 0. The predicted octanol–water partition coefficient (Wildman–Crippen LogP) is 4.03. The second kappa shape index (κ2) is 9.03. The van der Waals surface area contributed by atoms with Crippen LogP contribution in [-0.2, 0) is 4.79 Å². The minimum Gasteiger partial charge on any atom is -0.350 e. The van der Waals surface area contributed by atoms with Gasteiger partial charge in [0, 0.05) is 17.3 Å². The normalized spacial score (nSPS) is 14.5. The lowest BCUT2D eigenvalue weighted by Crippen LogP contribution is -2.46. The molecule has 0 aliphatic rings. The van der Waals surface area contributed by atoms with Crippen molar-refractivity contribution in [1.29, 1.82) is 0 Å². The molecule has 0 aliphatic heterocycles. The molecule has 16 heavy (non-hydrogen) atoms. The Morgan fingerprint density at radius 1 is 1.19 bits per heavy atom. The Morgan fingerprint density at radius 3 is 2.31 bits per heavy atom. The highest BCUT2D eigenvalue weighted by Crippen LogP contribution is 2.13. The minimum atomic E-state index is -0.0828. The number of halogens is 1. The van der Waals surface area contributed by atoms with Crippen LogP contribution in [0.2, 0.25) is 0 Å². The Kier molecular flexibility index (Phi) is 9.00.